The Labute approximate surface area is 175 Å². The topological polar surface area (TPSA) is 50.2 Å². The van der Waals surface area contributed by atoms with E-state index in [1.165, 1.54) is 12.1 Å². The molecule has 0 saturated heterocycles. The van der Waals surface area contributed by atoms with E-state index in [4.69, 9.17) is 11.6 Å². The molecule has 1 aromatic heterocycles. The van der Waals surface area contributed by atoms with Crippen LogP contribution in [0.5, 0.6) is 0 Å². The molecular weight excluding hydrogens is 387 g/mol. The molecule has 0 radical (unpaired) electrons. The molecule has 0 atom stereocenters. The number of anilines is 2. The van der Waals surface area contributed by atoms with Crippen molar-refractivity contribution in [1.29, 1.82) is 0 Å². The second-order valence-electron chi connectivity index (χ2n) is 5.85. The lowest BCUT2D eigenvalue weighted by Crippen LogP contribution is -2.02. The van der Waals surface area contributed by atoms with Crippen LogP contribution in [0.3, 0.4) is 0 Å². The average molecular weight is 411 g/mol. The second-order valence-corrected chi connectivity index (χ2v) is 6.26. The minimum absolute atomic E-state index is 0.0479. The summed E-state index contributed by atoms with van der Waals surface area (Å²) in [4.78, 5) is 4.04. The van der Waals surface area contributed by atoms with Gasteiger partial charge in [0, 0.05) is 35.3 Å². The van der Waals surface area contributed by atoms with Gasteiger partial charge in [0.15, 0.2) is 5.82 Å². The minimum Gasteiger partial charge on any atom is -0.338 e. The number of allylic oxidation sites excluding steroid dienone is 2. The molecule has 0 saturated carbocycles. The molecule has 0 aliphatic heterocycles. The largest absolute Gasteiger partial charge is 0.338 e. The summed E-state index contributed by atoms with van der Waals surface area (Å²) in [6.45, 7) is 9.90. The number of aromatic nitrogens is 2. The first-order valence-corrected chi connectivity index (χ1v) is 9.74. The van der Waals surface area contributed by atoms with E-state index in [1.54, 1.807) is 18.5 Å². The standard InChI is InChI=1S/C21H18ClFN4.C2H6/c1-3-24-11-10-14(2)12-20-16-6-4-5-7-17(16)21(27-26-20)25-15-8-9-19(23)18(22)13-15;1-2/h3-11,13H,2,12H2,1H3,(H,25,27);1-2H3/b11-10-,24-3?;. The smallest absolute Gasteiger partial charge is 0.160 e. The summed E-state index contributed by atoms with van der Waals surface area (Å²) < 4.78 is 13.4. The Balaban J connectivity index is 0.00000145. The fraction of sp³-hybridized carbons (Fsp3) is 0.174. The van der Waals surface area contributed by atoms with E-state index in [2.05, 4.69) is 27.1 Å². The van der Waals surface area contributed by atoms with Gasteiger partial charge in [-0.3, -0.25) is 4.99 Å². The highest BCUT2D eigenvalue weighted by Crippen LogP contribution is 2.28. The zero-order valence-electron chi connectivity index (χ0n) is 16.8. The molecule has 0 unspecified atom stereocenters. The lowest BCUT2D eigenvalue weighted by Gasteiger charge is -2.11. The van der Waals surface area contributed by atoms with Crippen molar-refractivity contribution in [3.05, 3.63) is 83.4 Å². The monoisotopic (exact) mass is 410 g/mol. The molecule has 29 heavy (non-hydrogen) atoms. The summed E-state index contributed by atoms with van der Waals surface area (Å²) in [6.07, 6.45) is 5.82. The normalized spacial score (nSPS) is 10.9. The summed E-state index contributed by atoms with van der Waals surface area (Å²) in [5.41, 5.74) is 2.34. The second kappa shape index (κ2) is 11.1. The van der Waals surface area contributed by atoms with Crippen LogP contribution in [0.25, 0.3) is 10.8 Å². The Kier molecular flexibility index (Phi) is 8.49. The van der Waals surface area contributed by atoms with E-state index in [0.717, 1.165) is 22.0 Å². The summed E-state index contributed by atoms with van der Waals surface area (Å²) in [5, 5.41) is 13.8. The molecule has 6 heteroatoms. The lowest BCUT2D eigenvalue weighted by molar-refractivity contribution is 0.628. The number of nitrogens with one attached hydrogen (secondary N) is 1. The van der Waals surface area contributed by atoms with Gasteiger partial charge in [-0.2, -0.15) is 5.10 Å². The van der Waals surface area contributed by atoms with Crippen LogP contribution in [0.2, 0.25) is 5.02 Å². The molecule has 1 N–H and O–H groups in total. The first-order valence-electron chi connectivity index (χ1n) is 9.37. The van der Waals surface area contributed by atoms with Gasteiger partial charge in [-0.1, -0.05) is 56.3 Å². The Morgan fingerprint density at radius 1 is 1.17 bits per heavy atom. The van der Waals surface area contributed by atoms with Gasteiger partial charge in [0.2, 0.25) is 0 Å². The molecule has 4 nitrogen and oxygen atoms in total. The highest BCUT2D eigenvalue weighted by molar-refractivity contribution is 6.31. The molecule has 0 aliphatic rings. The summed E-state index contributed by atoms with van der Waals surface area (Å²) in [7, 11) is 0. The predicted molar refractivity (Wildman–Crippen MR) is 122 cm³/mol. The molecule has 2 aromatic carbocycles. The number of rotatable bonds is 6. The van der Waals surface area contributed by atoms with E-state index in [1.807, 2.05) is 51.1 Å². The highest BCUT2D eigenvalue weighted by Gasteiger charge is 2.10. The van der Waals surface area contributed by atoms with Crippen LogP contribution in [0.15, 0.2) is 71.9 Å². The lowest BCUT2D eigenvalue weighted by atomic mass is 10.1. The number of halogens is 2. The van der Waals surface area contributed by atoms with Crippen molar-refractivity contribution in [2.75, 3.05) is 5.32 Å². The molecule has 0 aliphatic carbocycles. The van der Waals surface area contributed by atoms with Crippen LogP contribution in [-0.2, 0) is 6.42 Å². The van der Waals surface area contributed by atoms with Crippen molar-refractivity contribution >= 4 is 40.1 Å². The minimum atomic E-state index is -0.465. The number of nitrogens with zero attached hydrogens (tertiary/aromatic N) is 3. The van der Waals surface area contributed by atoms with Crippen LogP contribution < -0.4 is 5.32 Å². The van der Waals surface area contributed by atoms with Gasteiger partial charge >= 0.3 is 0 Å². The van der Waals surface area contributed by atoms with Gasteiger partial charge in [-0.25, -0.2) is 4.39 Å². The number of fused-ring (bicyclic) bond motifs is 1. The van der Waals surface area contributed by atoms with Crippen LogP contribution in [0.4, 0.5) is 15.9 Å². The highest BCUT2D eigenvalue weighted by atomic mass is 35.5. The first-order chi connectivity index (χ1) is 14.1. The zero-order valence-corrected chi connectivity index (χ0v) is 17.5. The van der Waals surface area contributed by atoms with Gasteiger partial charge in [0.05, 0.1) is 10.7 Å². The van der Waals surface area contributed by atoms with E-state index >= 15 is 0 Å². The molecule has 3 aromatic rings. The predicted octanol–water partition coefficient (Wildman–Crippen LogP) is 6.90. The average Bonchev–Trinajstić information content (AvgIpc) is 2.74. The molecule has 1 heterocycles. The SMILES string of the molecule is C=C(/C=C\N=CC)Cc1nnc(Nc2ccc(F)c(Cl)c2)c2ccccc12.CC. The Hall–Kier alpha value is -3.05. The molecule has 0 spiro atoms. The van der Waals surface area contributed by atoms with E-state index < -0.39 is 5.82 Å². The van der Waals surface area contributed by atoms with Gasteiger partial charge in [-0.05, 0) is 36.8 Å². The molecule has 3 rings (SSSR count). The maximum absolute atomic E-state index is 13.4. The van der Waals surface area contributed by atoms with E-state index in [0.29, 0.717) is 17.9 Å². The number of hydrogen-bond acceptors (Lipinski definition) is 4. The van der Waals surface area contributed by atoms with Gasteiger partial charge in [-0.15, -0.1) is 5.10 Å². The van der Waals surface area contributed by atoms with Crippen molar-refractivity contribution in [2.45, 2.75) is 27.2 Å². The van der Waals surface area contributed by atoms with Crippen molar-refractivity contribution in [3.63, 3.8) is 0 Å². The summed E-state index contributed by atoms with van der Waals surface area (Å²) >= 11 is 5.86. The maximum atomic E-state index is 13.4. The maximum Gasteiger partial charge on any atom is 0.160 e. The van der Waals surface area contributed by atoms with Crippen LogP contribution in [0.1, 0.15) is 26.5 Å². The van der Waals surface area contributed by atoms with Crippen LogP contribution in [-0.4, -0.2) is 16.4 Å². The quantitative estimate of drug-likeness (QED) is 0.355. The molecular formula is C23H24ClFN4. The number of hydrogen-bond donors (Lipinski definition) is 1. The Morgan fingerprint density at radius 2 is 1.90 bits per heavy atom. The van der Waals surface area contributed by atoms with Gasteiger partial charge in [0.25, 0.3) is 0 Å². The van der Waals surface area contributed by atoms with E-state index in [9.17, 15) is 4.39 Å². The van der Waals surface area contributed by atoms with Crippen molar-refractivity contribution in [1.82, 2.24) is 10.2 Å². The van der Waals surface area contributed by atoms with Crippen LogP contribution >= 0.6 is 11.6 Å². The third kappa shape index (κ3) is 5.96. The number of benzene rings is 2. The fourth-order valence-electron chi connectivity index (χ4n) is 2.60. The number of aliphatic imine (C=N–C) groups is 1. The third-order valence-electron chi connectivity index (χ3n) is 3.89. The van der Waals surface area contributed by atoms with E-state index in [-0.39, 0.29) is 5.02 Å². The summed E-state index contributed by atoms with van der Waals surface area (Å²) in [5.74, 6) is 0.112. The van der Waals surface area contributed by atoms with Crippen molar-refractivity contribution < 1.29 is 4.39 Å². The molecule has 0 fully saturated rings. The van der Waals surface area contributed by atoms with Crippen molar-refractivity contribution in [3.8, 4) is 0 Å². The Morgan fingerprint density at radius 3 is 2.59 bits per heavy atom. The van der Waals surface area contributed by atoms with Crippen LogP contribution in [0, 0.1) is 5.82 Å². The zero-order chi connectivity index (χ0) is 21.2. The van der Waals surface area contributed by atoms with Gasteiger partial charge in [0.1, 0.15) is 5.82 Å². The van der Waals surface area contributed by atoms with Crippen molar-refractivity contribution in [2.24, 2.45) is 4.99 Å². The molecule has 0 amide bonds. The molecule has 150 valence electrons. The summed E-state index contributed by atoms with van der Waals surface area (Å²) in [6, 6.07) is 12.3. The third-order valence-corrected chi connectivity index (χ3v) is 4.18. The Bertz CT molecular complexity index is 1040. The van der Waals surface area contributed by atoms with Gasteiger partial charge < -0.3 is 5.32 Å². The molecule has 0 bridgehead atoms. The first kappa shape index (κ1) is 22.2. The fourth-order valence-corrected chi connectivity index (χ4v) is 2.78.